The molecule has 0 radical (unpaired) electrons. The van der Waals surface area contributed by atoms with Crippen LogP contribution in [0.2, 0.25) is 0 Å². The molecule has 0 saturated carbocycles. The molecule has 3 N–H and O–H groups in total. The summed E-state index contributed by atoms with van der Waals surface area (Å²) in [5.41, 5.74) is 8.14. The number of hydrogen-bond acceptors (Lipinski definition) is 4. The van der Waals surface area contributed by atoms with Crippen LogP contribution in [0.1, 0.15) is 19.7 Å². The Balaban J connectivity index is 2.33. The molecule has 0 atom stereocenters. The van der Waals surface area contributed by atoms with Crippen molar-refractivity contribution in [2.75, 3.05) is 18.0 Å². The van der Waals surface area contributed by atoms with E-state index in [-0.39, 0.29) is 5.75 Å². The fraction of sp³-hybridized carbons (Fsp3) is 0.462. The van der Waals surface area contributed by atoms with Gasteiger partial charge >= 0.3 is 0 Å². The summed E-state index contributed by atoms with van der Waals surface area (Å²) < 4.78 is 27.9. The van der Waals surface area contributed by atoms with Gasteiger partial charge in [-0.25, -0.2) is 18.1 Å². The smallest absolute Gasteiger partial charge is 0.213 e. The minimum absolute atomic E-state index is 0.0453. The number of nitrogens with one attached hydrogen (secondary N) is 1. The van der Waals surface area contributed by atoms with Crippen molar-refractivity contribution in [2.24, 2.45) is 0 Å². The molecule has 1 aromatic carbocycles. The van der Waals surface area contributed by atoms with E-state index in [1.165, 1.54) is 0 Å². The van der Waals surface area contributed by atoms with Gasteiger partial charge in [0, 0.05) is 25.2 Å². The molecule has 2 rings (SSSR count). The molecule has 1 aromatic heterocycles. The number of aryl methyl sites for hydroxylation is 2. The molecule has 110 valence electrons. The fourth-order valence-electron chi connectivity index (χ4n) is 2.22. The first-order chi connectivity index (χ1) is 9.46. The Morgan fingerprint density at radius 3 is 2.75 bits per heavy atom. The zero-order valence-corrected chi connectivity index (χ0v) is 12.6. The minimum Gasteiger partial charge on any atom is -0.399 e. The Morgan fingerprint density at radius 2 is 2.10 bits per heavy atom. The third-order valence-corrected chi connectivity index (χ3v) is 4.56. The molecular weight excluding hydrogens is 276 g/mol. The minimum atomic E-state index is -3.23. The monoisotopic (exact) mass is 296 g/mol. The summed E-state index contributed by atoms with van der Waals surface area (Å²) in [4.78, 5) is 4.51. The van der Waals surface area contributed by atoms with E-state index < -0.39 is 10.0 Å². The molecule has 0 aliphatic rings. The van der Waals surface area contributed by atoms with E-state index in [9.17, 15) is 8.42 Å². The number of anilines is 1. The second-order valence-corrected chi connectivity index (χ2v) is 6.52. The number of aromatic nitrogens is 2. The summed E-state index contributed by atoms with van der Waals surface area (Å²) >= 11 is 0. The first-order valence-electron chi connectivity index (χ1n) is 6.68. The maximum atomic E-state index is 11.8. The molecule has 1 heterocycles. The number of benzene rings is 1. The van der Waals surface area contributed by atoms with Gasteiger partial charge in [0.2, 0.25) is 10.0 Å². The number of fused-ring (bicyclic) bond motifs is 1. The first-order valence-corrected chi connectivity index (χ1v) is 8.34. The number of nitrogen functional groups attached to an aromatic ring is 1. The third-order valence-electron chi connectivity index (χ3n) is 3.12. The van der Waals surface area contributed by atoms with Crippen LogP contribution in [-0.2, 0) is 23.0 Å². The standard InChI is InChI=1S/C13H20N4O2S/c1-3-13-16-11-9-10(14)5-6-12(11)17(13)7-8-20(18,19)15-4-2/h5-6,9,15H,3-4,7-8,14H2,1-2H3. The van der Waals surface area contributed by atoms with Crippen LogP contribution >= 0.6 is 0 Å². The molecule has 0 aliphatic heterocycles. The van der Waals surface area contributed by atoms with Crippen molar-refractivity contribution >= 4 is 26.7 Å². The van der Waals surface area contributed by atoms with Crippen LogP contribution in [0.3, 0.4) is 0 Å². The molecule has 20 heavy (non-hydrogen) atoms. The summed E-state index contributed by atoms with van der Waals surface area (Å²) in [6.07, 6.45) is 0.746. The predicted molar refractivity (Wildman–Crippen MR) is 81.0 cm³/mol. The molecule has 7 heteroatoms. The van der Waals surface area contributed by atoms with Gasteiger partial charge in [0.1, 0.15) is 5.82 Å². The van der Waals surface area contributed by atoms with Crippen molar-refractivity contribution in [3.63, 3.8) is 0 Å². The van der Waals surface area contributed by atoms with Gasteiger partial charge < -0.3 is 10.3 Å². The van der Waals surface area contributed by atoms with E-state index in [2.05, 4.69) is 9.71 Å². The molecule has 0 amide bonds. The Bertz CT molecular complexity index is 706. The zero-order valence-electron chi connectivity index (χ0n) is 11.8. The van der Waals surface area contributed by atoms with Gasteiger partial charge in [-0.3, -0.25) is 0 Å². The fourth-order valence-corrected chi connectivity index (χ4v) is 3.23. The van der Waals surface area contributed by atoms with Crippen molar-refractivity contribution in [1.29, 1.82) is 0 Å². The maximum Gasteiger partial charge on any atom is 0.213 e. The largest absolute Gasteiger partial charge is 0.399 e. The Kier molecular flexibility index (Phi) is 4.29. The van der Waals surface area contributed by atoms with Gasteiger partial charge in [-0.05, 0) is 18.2 Å². The van der Waals surface area contributed by atoms with E-state index in [4.69, 9.17) is 5.73 Å². The molecule has 0 unspecified atom stereocenters. The normalized spacial score (nSPS) is 12.1. The SMILES string of the molecule is CCNS(=O)(=O)CCn1c(CC)nc2cc(N)ccc21. The Labute approximate surface area is 119 Å². The summed E-state index contributed by atoms with van der Waals surface area (Å²) in [5.74, 6) is 0.918. The van der Waals surface area contributed by atoms with E-state index in [0.29, 0.717) is 18.8 Å². The number of imidazole rings is 1. The van der Waals surface area contributed by atoms with Crippen molar-refractivity contribution < 1.29 is 8.42 Å². The van der Waals surface area contributed by atoms with Gasteiger partial charge in [-0.1, -0.05) is 13.8 Å². The molecule has 0 bridgehead atoms. The van der Waals surface area contributed by atoms with Gasteiger partial charge in [-0.2, -0.15) is 0 Å². The van der Waals surface area contributed by atoms with Crippen LogP contribution in [0.25, 0.3) is 11.0 Å². The number of hydrogen-bond donors (Lipinski definition) is 2. The van der Waals surface area contributed by atoms with Gasteiger partial charge in [0.15, 0.2) is 0 Å². The number of sulfonamides is 1. The van der Waals surface area contributed by atoms with Crippen molar-refractivity contribution in [1.82, 2.24) is 14.3 Å². The highest BCUT2D eigenvalue weighted by molar-refractivity contribution is 7.89. The number of rotatable bonds is 6. The lowest BCUT2D eigenvalue weighted by atomic mass is 10.3. The number of nitrogens with zero attached hydrogens (tertiary/aromatic N) is 2. The molecule has 0 spiro atoms. The lowest BCUT2D eigenvalue weighted by Gasteiger charge is -2.09. The summed E-state index contributed by atoms with van der Waals surface area (Å²) in [7, 11) is -3.23. The van der Waals surface area contributed by atoms with E-state index in [1.807, 2.05) is 23.6 Å². The van der Waals surface area contributed by atoms with Gasteiger partial charge in [0.25, 0.3) is 0 Å². The van der Waals surface area contributed by atoms with Crippen LogP contribution in [0.4, 0.5) is 5.69 Å². The summed E-state index contributed by atoms with van der Waals surface area (Å²) in [6.45, 7) is 4.56. The predicted octanol–water partition coefficient (Wildman–Crippen LogP) is 1.12. The van der Waals surface area contributed by atoms with Gasteiger partial charge in [0.05, 0.1) is 16.8 Å². The summed E-state index contributed by atoms with van der Waals surface area (Å²) in [6, 6.07) is 5.50. The third kappa shape index (κ3) is 3.10. The van der Waals surface area contributed by atoms with E-state index in [1.54, 1.807) is 13.0 Å². The highest BCUT2D eigenvalue weighted by Crippen LogP contribution is 2.19. The van der Waals surface area contributed by atoms with Crippen LogP contribution in [0, 0.1) is 0 Å². The topological polar surface area (TPSA) is 90.0 Å². The molecule has 0 aliphatic carbocycles. The average molecular weight is 296 g/mol. The maximum absolute atomic E-state index is 11.8. The summed E-state index contributed by atoms with van der Waals surface area (Å²) in [5, 5.41) is 0. The zero-order chi connectivity index (χ0) is 14.8. The van der Waals surface area contributed by atoms with Crippen LogP contribution < -0.4 is 10.5 Å². The average Bonchev–Trinajstić information content (AvgIpc) is 2.73. The first kappa shape index (κ1) is 14.8. The Morgan fingerprint density at radius 1 is 1.35 bits per heavy atom. The molecule has 2 aromatic rings. The highest BCUT2D eigenvalue weighted by atomic mass is 32.2. The van der Waals surface area contributed by atoms with Crippen molar-refractivity contribution in [2.45, 2.75) is 26.8 Å². The number of nitrogens with two attached hydrogens (primary N) is 1. The highest BCUT2D eigenvalue weighted by Gasteiger charge is 2.13. The quantitative estimate of drug-likeness (QED) is 0.782. The van der Waals surface area contributed by atoms with Gasteiger partial charge in [-0.15, -0.1) is 0 Å². The molecule has 6 nitrogen and oxygen atoms in total. The molecule has 0 saturated heterocycles. The van der Waals surface area contributed by atoms with Crippen LogP contribution in [0.5, 0.6) is 0 Å². The lowest BCUT2D eigenvalue weighted by Crippen LogP contribution is -2.28. The lowest BCUT2D eigenvalue weighted by molar-refractivity contribution is 0.576. The van der Waals surface area contributed by atoms with Crippen LogP contribution in [0.15, 0.2) is 18.2 Å². The molecule has 0 fully saturated rings. The Hall–Kier alpha value is -1.60. The van der Waals surface area contributed by atoms with Crippen molar-refractivity contribution in [3.8, 4) is 0 Å². The molecular formula is C13H20N4O2S. The van der Waals surface area contributed by atoms with E-state index in [0.717, 1.165) is 23.3 Å². The van der Waals surface area contributed by atoms with E-state index >= 15 is 0 Å². The second kappa shape index (κ2) is 5.80. The second-order valence-electron chi connectivity index (χ2n) is 4.60. The van der Waals surface area contributed by atoms with Crippen LogP contribution in [-0.4, -0.2) is 30.3 Å². The van der Waals surface area contributed by atoms with Crippen molar-refractivity contribution in [3.05, 3.63) is 24.0 Å².